The van der Waals surface area contributed by atoms with Crippen LogP contribution >= 0.6 is 11.6 Å². The molecule has 0 aromatic heterocycles. The third-order valence-electron chi connectivity index (χ3n) is 3.01. The van der Waals surface area contributed by atoms with E-state index in [9.17, 15) is 13.6 Å². The molecule has 1 unspecified atom stereocenters. The summed E-state index contributed by atoms with van der Waals surface area (Å²) in [7, 11) is 0. The quantitative estimate of drug-likeness (QED) is 0.874. The predicted molar refractivity (Wildman–Crippen MR) is 76.8 cm³/mol. The van der Waals surface area contributed by atoms with Crippen LogP contribution in [-0.2, 0) is 0 Å². The molecule has 2 N–H and O–H groups in total. The van der Waals surface area contributed by atoms with Crippen LogP contribution in [-0.4, -0.2) is 11.1 Å². The average Bonchev–Trinajstić information content (AvgIpc) is 2.40. The first-order chi connectivity index (χ1) is 9.88. The van der Waals surface area contributed by atoms with Crippen LogP contribution in [0.2, 0.25) is 5.02 Å². The molecule has 2 rings (SSSR count). The maximum absolute atomic E-state index is 13.7. The van der Waals surface area contributed by atoms with Gasteiger partial charge in [-0.1, -0.05) is 17.7 Å². The largest absolute Gasteiger partial charge is 0.478 e. The molecular formula is C15H12ClF2NO2. The Morgan fingerprint density at radius 2 is 1.95 bits per heavy atom. The van der Waals surface area contributed by atoms with Crippen LogP contribution in [0.3, 0.4) is 0 Å². The number of halogens is 3. The zero-order valence-electron chi connectivity index (χ0n) is 11.0. The maximum atomic E-state index is 13.7. The van der Waals surface area contributed by atoms with Gasteiger partial charge in [-0.05, 0) is 31.2 Å². The first-order valence-electron chi connectivity index (χ1n) is 6.13. The summed E-state index contributed by atoms with van der Waals surface area (Å²) >= 11 is 5.78. The van der Waals surface area contributed by atoms with Gasteiger partial charge in [-0.15, -0.1) is 0 Å². The first-order valence-corrected chi connectivity index (χ1v) is 6.50. The van der Waals surface area contributed by atoms with Gasteiger partial charge in [-0.25, -0.2) is 13.6 Å². The van der Waals surface area contributed by atoms with Crippen LogP contribution < -0.4 is 5.32 Å². The van der Waals surface area contributed by atoms with Gasteiger partial charge >= 0.3 is 5.97 Å². The van der Waals surface area contributed by atoms with Gasteiger partial charge in [0.2, 0.25) is 0 Å². The summed E-state index contributed by atoms with van der Waals surface area (Å²) < 4.78 is 26.6. The van der Waals surface area contributed by atoms with Gasteiger partial charge in [0.25, 0.3) is 0 Å². The lowest BCUT2D eigenvalue weighted by Gasteiger charge is -2.17. The van der Waals surface area contributed by atoms with Gasteiger partial charge in [-0.2, -0.15) is 0 Å². The van der Waals surface area contributed by atoms with E-state index < -0.39 is 23.6 Å². The number of nitrogens with one attached hydrogen (secondary N) is 1. The molecule has 0 saturated heterocycles. The summed E-state index contributed by atoms with van der Waals surface area (Å²) in [4.78, 5) is 11.0. The molecule has 110 valence electrons. The first kappa shape index (κ1) is 15.3. The summed E-state index contributed by atoms with van der Waals surface area (Å²) in [5.41, 5.74) is 0.713. The molecule has 0 amide bonds. The van der Waals surface area contributed by atoms with E-state index in [2.05, 4.69) is 5.32 Å². The highest BCUT2D eigenvalue weighted by Crippen LogP contribution is 2.25. The van der Waals surface area contributed by atoms with Crippen LogP contribution in [0.15, 0.2) is 36.4 Å². The number of carboxylic acids is 1. The third-order valence-corrected chi connectivity index (χ3v) is 3.34. The van der Waals surface area contributed by atoms with Crippen molar-refractivity contribution in [1.29, 1.82) is 0 Å². The zero-order chi connectivity index (χ0) is 15.6. The Labute approximate surface area is 125 Å². The molecule has 0 bridgehead atoms. The molecule has 0 aliphatic rings. The summed E-state index contributed by atoms with van der Waals surface area (Å²) in [6.45, 7) is 1.69. The fourth-order valence-corrected chi connectivity index (χ4v) is 2.16. The molecule has 0 aliphatic heterocycles. The Bertz CT molecular complexity index is 691. The number of benzene rings is 2. The number of anilines is 1. The minimum Gasteiger partial charge on any atom is -0.478 e. The maximum Gasteiger partial charge on any atom is 0.337 e. The van der Waals surface area contributed by atoms with Crippen LogP contribution in [0, 0.1) is 11.6 Å². The van der Waals surface area contributed by atoms with Crippen molar-refractivity contribution in [2.45, 2.75) is 13.0 Å². The van der Waals surface area contributed by atoms with E-state index in [1.54, 1.807) is 13.0 Å². The van der Waals surface area contributed by atoms with E-state index in [-0.39, 0.29) is 16.1 Å². The smallest absolute Gasteiger partial charge is 0.337 e. The topological polar surface area (TPSA) is 49.3 Å². The Kier molecular flexibility index (Phi) is 4.43. The number of carbonyl (C=O) groups is 1. The van der Waals surface area contributed by atoms with E-state index in [1.807, 2.05) is 0 Å². The number of carboxylic acid groups (broad SMARTS) is 1. The predicted octanol–water partition coefficient (Wildman–Crippen LogP) is 4.49. The molecule has 2 aromatic rings. The van der Waals surface area contributed by atoms with Crippen molar-refractivity contribution in [3.63, 3.8) is 0 Å². The molecule has 2 aromatic carbocycles. The highest BCUT2D eigenvalue weighted by atomic mass is 35.5. The van der Waals surface area contributed by atoms with E-state index in [4.69, 9.17) is 16.7 Å². The molecule has 21 heavy (non-hydrogen) atoms. The number of aromatic carboxylic acids is 1. The van der Waals surface area contributed by atoms with E-state index in [0.29, 0.717) is 5.69 Å². The molecule has 0 aliphatic carbocycles. The Hall–Kier alpha value is -2.14. The third kappa shape index (κ3) is 3.49. The highest BCUT2D eigenvalue weighted by molar-refractivity contribution is 6.33. The van der Waals surface area contributed by atoms with Crippen LogP contribution in [0.5, 0.6) is 0 Å². The lowest BCUT2D eigenvalue weighted by Crippen LogP contribution is -2.09. The minimum absolute atomic E-state index is 0.0477. The second kappa shape index (κ2) is 6.10. The summed E-state index contributed by atoms with van der Waals surface area (Å²) in [6.07, 6.45) is 0. The SMILES string of the molecule is CC(Nc1ccc(Cl)c(C(=O)O)c1)c1ccc(F)cc1F. The normalized spacial score (nSPS) is 12.0. The standard InChI is InChI=1S/C15H12ClF2NO2/c1-8(11-4-2-9(17)6-14(11)18)19-10-3-5-13(16)12(7-10)15(20)21/h2-8,19H,1H3,(H,20,21). The van der Waals surface area contributed by atoms with E-state index >= 15 is 0 Å². The van der Waals surface area contributed by atoms with Gasteiger partial charge < -0.3 is 10.4 Å². The average molecular weight is 312 g/mol. The van der Waals surface area contributed by atoms with Crippen molar-refractivity contribution in [1.82, 2.24) is 0 Å². The van der Waals surface area contributed by atoms with Crippen molar-refractivity contribution in [2.75, 3.05) is 5.32 Å². The number of rotatable bonds is 4. The molecule has 0 spiro atoms. The summed E-state index contributed by atoms with van der Waals surface area (Å²) in [5.74, 6) is -2.46. The fraction of sp³-hybridized carbons (Fsp3) is 0.133. The Morgan fingerprint density at radius 1 is 1.24 bits per heavy atom. The lowest BCUT2D eigenvalue weighted by atomic mass is 10.1. The summed E-state index contributed by atoms with van der Waals surface area (Å²) in [6, 6.07) is 7.25. The molecule has 0 saturated carbocycles. The van der Waals surface area contributed by atoms with Gasteiger partial charge in [0.05, 0.1) is 16.6 Å². The Morgan fingerprint density at radius 3 is 2.57 bits per heavy atom. The van der Waals surface area contributed by atoms with Gasteiger partial charge in [-0.3, -0.25) is 0 Å². The molecule has 1 atom stereocenters. The van der Waals surface area contributed by atoms with Crippen molar-refractivity contribution < 1.29 is 18.7 Å². The summed E-state index contributed by atoms with van der Waals surface area (Å²) in [5, 5.41) is 12.1. The number of hydrogen-bond acceptors (Lipinski definition) is 2. The van der Waals surface area contributed by atoms with Crippen LogP contribution in [0.25, 0.3) is 0 Å². The molecule has 3 nitrogen and oxygen atoms in total. The fourth-order valence-electron chi connectivity index (χ4n) is 1.96. The molecular weight excluding hydrogens is 300 g/mol. The van der Waals surface area contributed by atoms with Gasteiger partial charge in [0.1, 0.15) is 11.6 Å². The molecule has 0 heterocycles. The van der Waals surface area contributed by atoms with Crippen molar-refractivity contribution in [3.05, 3.63) is 64.2 Å². The highest BCUT2D eigenvalue weighted by Gasteiger charge is 2.14. The molecule has 6 heteroatoms. The van der Waals surface area contributed by atoms with Gasteiger partial charge in [0, 0.05) is 17.3 Å². The van der Waals surface area contributed by atoms with Gasteiger partial charge in [0.15, 0.2) is 0 Å². The second-order valence-corrected chi connectivity index (χ2v) is 4.94. The van der Waals surface area contributed by atoms with Crippen molar-refractivity contribution >= 4 is 23.3 Å². The zero-order valence-corrected chi connectivity index (χ0v) is 11.8. The van der Waals surface area contributed by atoms with Crippen LogP contribution in [0.1, 0.15) is 28.9 Å². The van der Waals surface area contributed by atoms with E-state index in [1.165, 1.54) is 24.3 Å². The van der Waals surface area contributed by atoms with Crippen molar-refractivity contribution in [2.24, 2.45) is 0 Å². The monoisotopic (exact) mass is 311 g/mol. The molecule has 0 radical (unpaired) electrons. The van der Waals surface area contributed by atoms with Crippen molar-refractivity contribution in [3.8, 4) is 0 Å². The van der Waals surface area contributed by atoms with Crippen LogP contribution in [0.4, 0.5) is 14.5 Å². The lowest BCUT2D eigenvalue weighted by molar-refractivity contribution is 0.0697. The van der Waals surface area contributed by atoms with E-state index in [0.717, 1.165) is 6.07 Å². The Balaban J connectivity index is 2.25. The minimum atomic E-state index is -1.15. The number of hydrogen-bond donors (Lipinski definition) is 2. The molecule has 0 fully saturated rings. The second-order valence-electron chi connectivity index (χ2n) is 4.53.